The zero-order chi connectivity index (χ0) is 10.1. The van der Waals surface area contributed by atoms with Gasteiger partial charge in [-0.2, -0.15) is 0 Å². The Kier molecular flexibility index (Phi) is 4.64. The highest BCUT2D eigenvalue weighted by molar-refractivity contribution is 4.92. The molecular formula is C13H29N. The summed E-state index contributed by atoms with van der Waals surface area (Å²) < 4.78 is 0. The molecule has 0 aromatic rings. The minimum absolute atomic E-state index is 0. The minimum Gasteiger partial charge on any atom is -0.328 e. The van der Waals surface area contributed by atoms with Gasteiger partial charge in [0.25, 0.3) is 0 Å². The van der Waals surface area contributed by atoms with E-state index in [0.717, 1.165) is 0 Å². The van der Waals surface area contributed by atoms with Crippen molar-refractivity contribution in [2.45, 2.75) is 73.3 Å². The summed E-state index contributed by atoms with van der Waals surface area (Å²) in [6.07, 6.45) is 6.40. The van der Waals surface area contributed by atoms with E-state index < -0.39 is 0 Å². The molecule has 0 saturated heterocycles. The van der Waals surface area contributed by atoms with E-state index in [-0.39, 0.29) is 7.43 Å². The Balaban J connectivity index is 0.00000169. The Morgan fingerprint density at radius 3 is 2.21 bits per heavy atom. The van der Waals surface area contributed by atoms with Crippen LogP contribution in [0.25, 0.3) is 0 Å². The molecule has 0 aromatic carbocycles. The van der Waals surface area contributed by atoms with Crippen LogP contribution < -0.4 is 5.73 Å². The molecule has 2 unspecified atom stereocenters. The van der Waals surface area contributed by atoms with Crippen LogP contribution in [-0.2, 0) is 0 Å². The monoisotopic (exact) mass is 199 g/mol. The van der Waals surface area contributed by atoms with Crippen LogP contribution in [0.1, 0.15) is 67.2 Å². The van der Waals surface area contributed by atoms with Gasteiger partial charge < -0.3 is 5.73 Å². The van der Waals surface area contributed by atoms with E-state index in [2.05, 4.69) is 27.7 Å². The second-order valence-corrected chi connectivity index (χ2v) is 6.07. The molecule has 1 rings (SSSR count). The zero-order valence-electron chi connectivity index (χ0n) is 9.69. The third-order valence-corrected chi connectivity index (χ3v) is 3.33. The summed E-state index contributed by atoms with van der Waals surface area (Å²) in [5.41, 5.74) is 7.09. The maximum Gasteiger partial charge on any atom is 0.00491 e. The fourth-order valence-corrected chi connectivity index (χ4v) is 3.51. The largest absolute Gasteiger partial charge is 0.328 e. The summed E-state index contributed by atoms with van der Waals surface area (Å²) in [6, 6.07) is 0.431. The Bertz CT molecular complexity index is 174. The smallest absolute Gasteiger partial charge is 0.00491 e. The summed E-state index contributed by atoms with van der Waals surface area (Å²) in [5, 5.41) is 0. The van der Waals surface area contributed by atoms with Crippen molar-refractivity contribution in [2.75, 3.05) is 0 Å². The zero-order valence-corrected chi connectivity index (χ0v) is 9.69. The predicted octanol–water partition coefficient (Wildman–Crippen LogP) is 3.97. The first kappa shape index (κ1) is 14.0. The molecule has 2 N–H and O–H groups in total. The van der Waals surface area contributed by atoms with E-state index in [4.69, 9.17) is 5.73 Å². The Morgan fingerprint density at radius 2 is 1.79 bits per heavy atom. The molecule has 0 amide bonds. The lowest BCUT2D eigenvalue weighted by Crippen LogP contribution is -2.42. The normalized spacial score (nSPS) is 36.2. The molecule has 0 radical (unpaired) electrons. The molecule has 0 spiro atoms. The van der Waals surface area contributed by atoms with Crippen molar-refractivity contribution in [1.82, 2.24) is 0 Å². The molecule has 1 heteroatoms. The third-order valence-electron chi connectivity index (χ3n) is 3.33. The fraction of sp³-hybridized carbons (Fsp3) is 1.00. The van der Waals surface area contributed by atoms with Crippen LogP contribution in [0.5, 0.6) is 0 Å². The average Bonchev–Trinajstić information content (AvgIpc) is 1.78. The Labute approximate surface area is 90.5 Å². The van der Waals surface area contributed by atoms with Gasteiger partial charge in [0.15, 0.2) is 0 Å². The van der Waals surface area contributed by atoms with Gasteiger partial charge in [-0.1, -0.05) is 41.5 Å². The molecule has 1 aliphatic carbocycles. The summed E-state index contributed by atoms with van der Waals surface area (Å²) >= 11 is 0. The van der Waals surface area contributed by atoms with Gasteiger partial charge in [-0.05, 0) is 36.5 Å². The van der Waals surface area contributed by atoms with Crippen molar-refractivity contribution in [2.24, 2.45) is 16.6 Å². The maximum atomic E-state index is 6.12. The topological polar surface area (TPSA) is 26.0 Å². The summed E-state index contributed by atoms with van der Waals surface area (Å²) in [5.74, 6) is 0. The summed E-state index contributed by atoms with van der Waals surface area (Å²) in [6.45, 7) is 9.41. The number of hydrogen-bond donors (Lipinski definition) is 1. The number of nitrogens with two attached hydrogens (primary N) is 1. The molecule has 1 aliphatic rings. The Hall–Kier alpha value is -0.0400. The van der Waals surface area contributed by atoms with E-state index in [0.29, 0.717) is 16.9 Å². The molecule has 0 aliphatic heterocycles. The van der Waals surface area contributed by atoms with E-state index in [1.807, 2.05) is 0 Å². The SMILES string of the molecule is C.CCCC1(C)CC(N)CC(C)(C)C1. The lowest BCUT2D eigenvalue weighted by atomic mass is 9.61. The van der Waals surface area contributed by atoms with Crippen molar-refractivity contribution in [1.29, 1.82) is 0 Å². The van der Waals surface area contributed by atoms with Crippen LogP contribution >= 0.6 is 0 Å². The van der Waals surface area contributed by atoms with Crippen LogP contribution in [0, 0.1) is 10.8 Å². The predicted molar refractivity (Wildman–Crippen MR) is 65.4 cm³/mol. The average molecular weight is 199 g/mol. The first-order valence-corrected chi connectivity index (χ1v) is 5.62. The van der Waals surface area contributed by atoms with Gasteiger partial charge >= 0.3 is 0 Å². The van der Waals surface area contributed by atoms with Crippen molar-refractivity contribution in [3.05, 3.63) is 0 Å². The van der Waals surface area contributed by atoms with Gasteiger partial charge in [-0.25, -0.2) is 0 Å². The standard InChI is InChI=1S/C12H25N.CH4/c1-5-6-12(4)8-10(13)7-11(2,3)9-12;/h10H,5-9,13H2,1-4H3;1H4. The summed E-state index contributed by atoms with van der Waals surface area (Å²) in [4.78, 5) is 0. The van der Waals surface area contributed by atoms with Crippen LogP contribution in [0.2, 0.25) is 0 Å². The van der Waals surface area contributed by atoms with E-state index in [1.165, 1.54) is 32.1 Å². The van der Waals surface area contributed by atoms with Gasteiger partial charge in [-0.3, -0.25) is 0 Å². The lowest BCUT2D eigenvalue weighted by Gasteiger charge is -2.45. The third kappa shape index (κ3) is 3.61. The van der Waals surface area contributed by atoms with Crippen LogP contribution in [0.3, 0.4) is 0 Å². The van der Waals surface area contributed by atoms with Crippen molar-refractivity contribution in [3.63, 3.8) is 0 Å². The molecule has 86 valence electrons. The van der Waals surface area contributed by atoms with Gasteiger partial charge in [0.2, 0.25) is 0 Å². The summed E-state index contributed by atoms with van der Waals surface area (Å²) in [7, 11) is 0. The van der Waals surface area contributed by atoms with Gasteiger partial charge in [0, 0.05) is 6.04 Å². The van der Waals surface area contributed by atoms with Crippen LogP contribution in [-0.4, -0.2) is 6.04 Å². The molecule has 0 aromatic heterocycles. The maximum absolute atomic E-state index is 6.12. The highest BCUT2D eigenvalue weighted by atomic mass is 14.7. The molecule has 0 bridgehead atoms. The molecule has 1 fully saturated rings. The highest BCUT2D eigenvalue weighted by Crippen LogP contribution is 2.47. The van der Waals surface area contributed by atoms with Crippen molar-refractivity contribution < 1.29 is 0 Å². The molecule has 14 heavy (non-hydrogen) atoms. The molecule has 1 nitrogen and oxygen atoms in total. The van der Waals surface area contributed by atoms with Gasteiger partial charge in [-0.15, -0.1) is 0 Å². The Morgan fingerprint density at radius 1 is 1.21 bits per heavy atom. The second-order valence-electron chi connectivity index (χ2n) is 6.07. The quantitative estimate of drug-likeness (QED) is 0.715. The molecule has 1 saturated carbocycles. The fourth-order valence-electron chi connectivity index (χ4n) is 3.51. The molecule has 0 heterocycles. The highest BCUT2D eigenvalue weighted by Gasteiger charge is 2.39. The van der Waals surface area contributed by atoms with Crippen LogP contribution in [0.15, 0.2) is 0 Å². The van der Waals surface area contributed by atoms with Gasteiger partial charge in [0.1, 0.15) is 0 Å². The lowest BCUT2D eigenvalue weighted by molar-refractivity contribution is 0.0754. The minimum atomic E-state index is 0. The number of rotatable bonds is 2. The van der Waals surface area contributed by atoms with E-state index >= 15 is 0 Å². The van der Waals surface area contributed by atoms with Crippen molar-refractivity contribution in [3.8, 4) is 0 Å². The first-order chi connectivity index (χ1) is 5.87. The van der Waals surface area contributed by atoms with Crippen molar-refractivity contribution >= 4 is 0 Å². The molecule has 2 atom stereocenters. The van der Waals surface area contributed by atoms with Crippen LogP contribution in [0.4, 0.5) is 0 Å². The first-order valence-electron chi connectivity index (χ1n) is 5.62. The van der Waals surface area contributed by atoms with Gasteiger partial charge in [0.05, 0.1) is 0 Å². The molecular weight excluding hydrogens is 170 g/mol. The number of hydrogen-bond acceptors (Lipinski definition) is 1. The second kappa shape index (κ2) is 4.65. The van der Waals surface area contributed by atoms with E-state index in [9.17, 15) is 0 Å². The van der Waals surface area contributed by atoms with E-state index in [1.54, 1.807) is 0 Å².